The first-order chi connectivity index (χ1) is 9.94. The fourth-order valence-corrected chi connectivity index (χ4v) is 3.50. The molecule has 0 spiro atoms. The summed E-state index contributed by atoms with van der Waals surface area (Å²) in [5.41, 5.74) is 0.345. The van der Waals surface area contributed by atoms with Gasteiger partial charge in [0.15, 0.2) is 5.16 Å². The minimum Gasteiger partial charge on any atom is -0.388 e. The van der Waals surface area contributed by atoms with E-state index in [0.717, 1.165) is 18.2 Å². The summed E-state index contributed by atoms with van der Waals surface area (Å²) in [4.78, 5) is 21.4. The Bertz CT molecular complexity index is 754. The second-order valence-electron chi connectivity index (χ2n) is 5.90. The van der Waals surface area contributed by atoms with Crippen LogP contribution >= 0.6 is 11.8 Å². The lowest BCUT2D eigenvalue weighted by molar-refractivity contribution is 0.0266. The SMILES string of the molecule is CSc1ncc2cc(C)c(=O)n([C@@H]3CCC[C@@]3(C)O)c2n1. The lowest BCUT2D eigenvalue weighted by atomic mass is 9.99. The van der Waals surface area contributed by atoms with Crippen molar-refractivity contribution in [2.45, 2.75) is 49.9 Å². The van der Waals surface area contributed by atoms with E-state index in [1.54, 1.807) is 17.7 Å². The van der Waals surface area contributed by atoms with Crippen LogP contribution in [-0.2, 0) is 0 Å². The highest BCUT2D eigenvalue weighted by Crippen LogP contribution is 2.39. The van der Waals surface area contributed by atoms with Crippen LogP contribution in [0.25, 0.3) is 11.0 Å². The van der Waals surface area contributed by atoms with Crippen LogP contribution in [0.3, 0.4) is 0 Å². The van der Waals surface area contributed by atoms with Crippen LogP contribution < -0.4 is 5.56 Å². The van der Waals surface area contributed by atoms with E-state index in [2.05, 4.69) is 9.97 Å². The van der Waals surface area contributed by atoms with Crippen LogP contribution in [0, 0.1) is 6.92 Å². The topological polar surface area (TPSA) is 68.0 Å². The van der Waals surface area contributed by atoms with Crippen LogP contribution in [0.1, 0.15) is 37.8 Å². The Hall–Kier alpha value is -1.40. The lowest BCUT2D eigenvalue weighted by Gasteiger charge is -2.28. The minimum absolute atomic E-state index is 0.0690. The average Bonchev–Trinajstić information content (AvgIpc) is 2.79. The first-order valence-electron chi connectivity index (χ1n) is 7.09. The Kier molecular flexibility index (Phi) is 3.53. The van der Waals surface area contributed by atoms with Crippen molar-refractivity contribution >= 4 is 22.8 Å². The molecule has 2 aromatic heterocycles. The molecule has 1 fully saturated rings. The van der Waals surface area contributed by atoms with Gasteiger partial charge in [-0.25, -0.2) is 9.97 Å². The van der Waals surface area contributed by atoms with Crippen molar-refractivity contribution < 1.29 is 5.11 Å². The van der Waals surface area contributed by atoms with Gasteiger partial charge >= 0.3 is 0 Å². The number of aromatic nitrogens is 3. The molecule has 1 aliphatic carbocycles. The molecule has 0 amide bonds. The molecule has 2 heterocycles. The van der Waals surface area contributed by atoms with Crippen molar-refractivity contribution in [1.82, 2.24) is 14.5 Å². The van der Waals surface area contributed by atoms with Gasteiger partial charge in [-0.15, -0.1) is 0 Å². The zero-order valence-corrected chi connectivity index (χ0v) is 13.3. The number of aryl methyl sites for hydroxylation is 1. The number of aliphatic hydroxyl groups is 1. The third-order valence-electron chi connectivity index (χ3n) is 4.30. The fourth-order valence-electron chi connectivity index (χ4n) is 3.17. The summed E-state index contributed by atoms with van der Waals surface area (Å²) >= 11 is 1.44. The molecule has 0 unspecified atom stereocenters. The first-order valence-corrected chi connectivity index (χ1v) is 8.32. The van der Waals surface area contributed by atoms with E-state index in [0.29, 0.717) is 22.8 Å². The molecule has 5 nitrogen and oxygen atoms in total. The Morgan fingerprint density at radius 3 is 2.90 bits per heavy atom. The van der Waals surface area contributed by atoms with Crippen LogP contribution in [0.2, 0.25) is 0 Å². The maximum absolute atomic E-state index is 12.6. The second-order valence-corrected chi connectivity index (χ2v) is 6.68. The van der Waals surface area contributed by atoms with Crippen LogP contribution in [0.5, 0.6) is 0 Å². The Morgan fingerprint density at radius 1 is 1.52 bits per heavy atom. The van der Waals surface area contributed by atoms with Gasteiger partial charge < -0.3 is 5.11 Å². The molecule has 2 aromatic rings. The molecule has 1 aliphatic rings. The molecule has 0 aromatic carbocycles. The summed E-state index contributed by atoms with van der Waals surface area (Å²) < 4.78 is 1.68. The summed E-state index contributed by atoms with van der Waals surface area (Å²) in [6.45, 7) is 3.60. The Labute approximate surface area is 127 Å². The van der Waals surface area contributed by atoms with Crippen molar-refractivity contribution in [3.05, 3.63) is 28.2 Å². The molecular formula is C15H19N3O2S. The van der Waals surface area contributed by atoms with E-state index in [1.807, 2.05) is 19.2 Å². The van der Waals surface area contributed by atoms with Gasteiger partial charge in [-0.05, 0) is 45.4 Å². The predicted octanol–water partition coefficient (Wildman–Crippen LogP) is 2.30. The highest BCUT2D eigenvalue weighted by Gasteiger charge is 2.39. The van der Waals surface area contributed by atoms with Gasteiger partial charge in [-0.1, -0.05) is 11.8 Å². The number of pyridine rings is 1. The van der Waals surface area contributed by atoms with Crippen LogP contribution in [0.4, 0.5) is 0 Å². The van der Waals surface area contributed by atoms with E-state index < -0.39 is 5.60 Å². The summed E-state index contributed by atoms with van der Waals surface area (Å²) in [6, 6.07) is 1.60. The molecule has 1 N–H and O–H groups in total. The molecule has 0 saturated heterocycles. The molecule has 3 rings (SSSR count). The van der Waals surface area contributed by atoms with E-state index in [9.17, 15) is 9.90 Å². The van der Waals surface area contributed by atoms with Gasteiger partial charge in [-0.3, -0.25) is 9.36 Å². The Balaban J connectivity index is 2.33. The molecule has 21 heavy (non-hydrogen) atoms. The van der Waals surface area contributed by atoms with Crippen molar-refractivity contribution in [3.8, 4) is 0 Å². The normalized spacial score (nSPS) is 25.6. The van der Waals surface area contributed by atoms with E-state index in [4.69, 9.17) is 0 Å². The van der Waals surface area contributed by atoms with Gasteiger partial charge in [-0.2, -0.15) is 0 Å². The highest BCUT2D eigenvalue weighted by atomic mass is 32.2. The van der Waals surface area contributed by atoms with E-state index in [1.165, 1.54) is 11.8 Å². The maximum atomic E-state index is 12.6. The molecule has 112 valence electrons. The van der Waals surface area contributed by atoms with Gasteiger partial charge in [0.05, 0.1) is 11.6 Å². The van der Waals surface area contributed by atoms with E-state index >= 15 is 0 Å². The van der Waals surface area contributed by atoms with Crippen LogP contribution in [-0.4, -0.2) is 31.5 Å². The van der Waals surface area contributed by atoms with Gasteiger partial charge in [0.1, 0.15) is 5.65 Å². The predicted molar refractivity (Wildman–Crippen MR) is 83.8 cm³/mol. The van der Waals surface area contributed by atoms with Gasteiger partial charge in [0, 0.05) is 17.1 Å². The number of rotatable bonds is 2. The molecule has 1 saturated carbocycles. The zero-order valence-electron chi connectivity index (χ0n) is 12.5. The van der Waals surface area contributed by atoms with Crippen molar-refractivity contribution in [1.29, 1.82) is 0 Å². The molecule has 0 bridgehead atoms. The maximum Gasteiger partial charge on any atom is 0.255 e. The third kappa shape index (κ3) is 2.36. The average molecular weight is 305 g/mol. The number of fused-ring (bicyclic) bond motifs is 1. The summed E-state index contributed by atoms with van der Waals surface area (Å²) in [6.07, 6.45) is 6.08. The monoisotopic (exact) mass is 305 g/mol. The Morgan fingerprint density at radius 2 is 2.29 bits per heavy atom. The smallest absolute Gasteiger partial charge is 0.255 e. The summed E-state index contributed by atoms with van der Waals surface area (Å²) in [5.74, 6) is 0. The van der Waals surface area contributed by atoms with E-state index in [-0.39, 0.29) is 11.6 Å². The molecule has 0 aliphatic heterocycles. The van der Waals surface area contributed by atoms with Gasteiger partial charge in [0.2, 0.25) is 0 Å². The lowest BCUT2D eigenvalue weighted by Crippen LogP contribution is -2.38. The summed E-state index contributed by atoms with van der Waals surface area (Å²) in [5, 5.41) is 12.1. The fraction of sp³-hybridized carbons (Fsp3) is 0.533. The molecular weight excluding hydrogens is 286 g/mol. The largest absolute Gasteiger partial charge is 0.388 e. The standard InChI is InChI=1S/C15H19N3O2S/c1-9-7-10-8-16-14(21-3)17-12(10)18(13(9)19)11-5-4-6-15(11,2)20/h7-8,11,20H,4-6H2,1-3H3/t11-,15-/m1/s1. The summed E-state index contributed by atoms with van der Waals surface area (Å²) in [7, 11) is 0. The van der Waals surface area contributed by atoms with Crippen molar-refractivity contribution in [2.75, 3.05) is 6.26 Å². The number of hydrogen-bond acceptors (Lipinski definition) is 5. The molecule has 2 atom stereocenters. The molecule has 0 radical (unpaired) electrons. The number of hydrogen-bond donors (Lipinski definition) is 1. The second kappa shape index (κ2) is 5.10. The van der Waals surface area contributed by atoms with Gasteiger partial charge in [0.25, 0.3) is 5.56 Å². The minimum atomic E-state index is -0.866. The van der Waals surface area contributed by atoms with Crippen molar-refractivity contribution in [3.63, 3.8) is 0 Å². The highest BCUT2D eigenvalue weighted by molar-refractivity contribution is 7.98. The first kappa shape index (κ1) is 14.5. The quantitative estimate of drug-likeness (QED) is 0.681. The number of thioether (sulfide) groups is 1. The zero-order chi connectivity index (χ0) is 15.2. The third-order valence-corrected chi connectivity index (χ3v) is 4.86. The van der Waals surface area contributed by atoms with Crippen LogP contribution in [0.15, 0.2) is 22.2 Å². The van der Waals surface area contributed by atoms with Crippen molar-refractivity contribution in [2.24, 2.45) is 0 Å². The number of nitrogens with zero attached hydrogens (tertiary/aromatic N) is 3. The molecule has 6 heteroatoms.